The summed E-state index contributed by atoms with van der Waals surface area (Å²) in [6.07, 6.45) is 4.39. The van der Waals surface area contributed by atoms with Gasteiger partial charge in [-0.05, 0) is 43.2 Å². The Morgan fingerprint density at radius 2 is 1.74 bits per heavy atom. The highest BCUT2D eigenvalue weighted by atomic mass is 32.2. The molecule has 0 saturated carbocycles. The Morgan fingerprint density at radius 1 is 1.03 bits per heavy atom. The van der Waals surface area contributed by atoms with Gasteiger partial charge in [-0.15, -0.1) is 0 Å². The molecule has 1 aliphatic rings. The van der Waals surface area contributed by atoms with Crippen LogP contribution in [0.25, 0.3) is 22.3 Å². The number of sulfonamides is 2. The number of unbranched alkanes of at least 4 members (excludes halogenated alkanes) is 1. The molecule has 188 valence electrons. The molecule has 0 unspecified atom stereocenters. The molecule has 35 heavy (non-hydrogen) atoms. The van der Waals surface area contributed by atoms with Crippen molar-refractivity contribution in [2.75, 3.05) is 47.8 Å². The molecule has 1 aromatic heterocycles. The van der Waals surface area contributed by atoms with Gasteiger partial charge < -0.3 is 4.90 Å². The summed E-state index contributed by atoms with van der Waals surface area (Å²) in [5, 5.41) is 0.871. The lowest BCUT2D eigenvalue weighted by molar-refractivity contribution is 0.384. The summed E-state index contributed by atoms with van der Waals surface area (Å²) in [5.41, 5.74) is 3.76. The van der Waals surface area contributed by atoms with Crippen LogP contribution in [0.15, 0.2) is 42.6 Å². The molecule has 11 heteroatoms. The molecule has 1 fully saturated rings. The van der Waals surface area contributed by atoms with Crippen molar-refractivity contribution in [3.8, 4) is 11.4 Å². The summed E-state index contributed by atoms with van der Waals surface area (Å²) in [4.78, 5) is 11.5. The Labute approximate surface area is 207 Å². The van der Waals surface area contributed by atoms with Crippen molar-refractivity contribution in [3.63, 3.8) is 0 Å². The lowest BCUT2D eigenvalue weighted by atomic mass is 10.1. The van der Waals surface area contributed by atoms with Crippen molar-refractivity contribution in [1.29, 1.82) is 0 Å². The minimum atomic E-state index is -3.46. The predicted molar refractivity (Wildman–Crippen MR) is 141 cm³/mol. The average Bonchev–Trinajstić information content (AvgIpc) is 2.81. The van der Waals surface area contributed by atoms with Crippen LogP contribution in [0, 0.1) is 6.92 Å². The molecule has 0 bridgehead atoms. The number of benzene rings is 2. The van der Waals surface area contributed by atoms with Crippen molar-refractivity contribution in [2.45, 2.75) is 26.7 Å². The molecule has 1 aliphatic heterocycles. The molecule has 1 N–H and O–H groups in total. The van der Waals surface area contributed by atoms with E-state index in [1.807, 2.05) is 26.0 Å². The topological polar surface area (TPSA) is 113 Å². The number of para-hydroxylation sites is 1. The van der Waals surface area contributed by atoms with E-state index in [2.05, 4.69) is 20.7 Å². The Balaban J connectivity index is 1.64. The van der Waals surface area contributed by atoms with Gasteiger partial charge in [0.2, 0.25) is 20.0 Å². The third-order valence-electron chi connectivity index (χ3n) is 6.01. The third-order valence-corrected chi connectivity index (χ3v) is 8.56. The number of aromatic nitrogens is 2. The first-order chi connectivity index (χ1) is 16.6. The maximum Gasteiger partial charge on any atom is 0.229 e. The normalized spacial score (nSPS) is 15.5. The van der Waals surface area contributed by atoms with Crippen molar-refractivity contribution in [1.82, 2.24) is 14.3 Å². The van der Waals surface area contributed by atoms with Crippen LogP contribution in [0.3, 0.4) is 0 Å². The lowest BCUT2D eigenvalue weighted by Gasteiger charge is -2.36. The highest BCUT2D eigenvalue weighted by molar-refractivity contribution is 7.92. The SMILES string of the molecule is CCCCS(=O)(=O)N1CCN(c2cc(C)cc3nc(-c4ccccc4NS(C)(=O)=O)ncc23)CC1. The largest absolute Gasteiger partial charge is 0.368 e. The molecule has 0 atom stereocenters. The number of nitrogens with one attached hydrogen (secondary N) is 1. The van der Waals surface area contributed by atoms with E-state index in [1.54, 1.807) is 28.7 Å². The van der Waals surface area contributed by atoms with Gasteiger partial charge in [0.15, 0.2) is 5.82 Å². The Bertz CT molecular complexity index is 1430. The van der Waals surface area contributed by atoms with E-state index in [4.69, 9.17) is 4.98 Å². The Hall–Kier alpha value is -2.76. The van der Waals surface area contributed by atoms with Crippen molar-refractivity contribution in [2.24, 2.45) is 0 Å². The molecule has 0 aliphatic carbocycles. The van der Waals surface area contributed by atoms with Crippen LogP contribution in [0.2, 0.25) is 0 Å². The summed E-state index contributed by atoms with van der Waals surface area (Å²) in [5.74, 6) is 0.621. The summed E-state index contributed by atoms with van der Waals surface area (Å²) in [6.45, 7) is 6.06. The molecule has 0 spiro atoms. The van der Waals surface area contributed by atoms with E-state index in [1.165, 1.54) is 0 Å². The minimum Gasteiger partial charge on any atom is -0.368 e. The second-order valence-corrected chi connectivity index (χ2v) is 12.7. The Kier molecular flexibility index (Phi) is 7.30. The van der Waals surface area contributed by atoms with Gasteiger partial charge in [-0.1, -0.05) is 25.5 Å². The van der Waals surface area contributed by atoms with E-state index < -0.39 is 20.0 Å². The van der Waals surface area contributed by atoms with E-state index in [9.17, 15) is 16.8 Å². The van der Waals surface area contributed by atoms with Crippen molar-refractivity contribution >= 4 is 42.3 Å². The minimum absolute atomic E-state index is 0.198. The predicted octanol–water partition coefficient (Wildman–Crippen LogP) is 3.23. The first-order valence-corrected chi connectivity index (χ1v) is 15.1. The van der Waals surface area contributed by atoms with Crippen LogP contribution in [0.5, 0.6) is 0 Å². The molecule has 2 aromatic carbocycles. The number of anilines is 2. The van der Waals surface area contributed by atoms with Gasteiger partial charge in [0.25, 0.3) is 0 Å². The molecular formula is C24H31N5O4S2. The standard InChI is InChI=1S/C24H31N5O4S2/c1-4-5-14-35(32,33)29-12-10-28(11-13-29)23-16-18(2)15-22-20(23)17-25-24(26-22)19-8-6-7-9-21(19)27-34(3,30)31/h6-9,15-17,27H,4-5,10-14H2,1-3H3. The molecule has 4 rings (SSSR count). The van der Waals surface area contributed by atoms with E-state index in [0.29, 0.717) is 49.7 Å². The van der Waals surface area contributed by atoms with Gasteiger partial charge in [-0.3, -0.25) is 4.72 Å². The van der Waals surface area contributed by atoms with Crippen LogP contribution < -0.4 is 9.62 Å². The van der Waals surface area contributed by atoms with Crippen LogP contribution in [0.4, 0.5) is 11.4 Å². The van der Waals surface area contributed by atoms with E-state index >= 15 is 0 Å². The van der Waals surface area contributed by atoms with Crippen LogP contribution >= 0.6 is 0 Å². The van der Waals surface area contributed by atoms with Gasteiger partial charge in [0.05, 0.1) is 23.2 Å². The van der Waals surface area contributed by atoms with Crippen LogP contribution in [-0.4, -0.2) is 69.3 Å². The van der Waals surface area contributed by atoms with Gasteiger partial charge >= 0.3 is 0 Å². The maximum absolute atomic E-state index is 12.6. The molecular weight excluding hydrogens is 486 g/mol. The monoisotopic (exact) mass is 517 g/mol. The molecule has 9 nitrogen and oxygen atoms in total. The Morgan fingerprint density at radius 3 is 2.43 bits per heavy atom. The summed E-state index contributed by atoms with van der Waals surface area (Å²) in [6, 6.07) is 11.1. The van der Waals surface area contributed by atoms with Crippen molar-refractivity contribution in [3.05, 3.63) is 48.2 Å². The average molecular weight is 518 g/mol. The number of hydrogen-bond donors (Lipinski definition) is 1. The van der Waals surface area contributed by atoms with Crippen LogP contribution in [-0.2, 0) is 20.0 Å². The van der Waals surface area contributed by atoms with Crippen molar-refractivity contribution < 1.29 is 16.8 Å². The molecule has 0 radical (unpaired) electrons. The lowest BCUT2D eigenvalue weighted by Crippen LogP contribution is -2.49. The van der Waals surface area contributed by atoms with Gasteiger partial charge in [0, 0.05) is 49.0 Å². The smallest absolute Gasteiger partial charge is 0.229 e. The summed E-state index contributed by atoms with van der Waals surface area (Å²) >= 11 is 0. The van der Waals surface area contributed by atoms with E-state index in [-0.39, 0.29) is 5.75 Å². The van der Waals surface area contributed by atoms with Gasteiger partial charge in [-0.25, -0.2) is 26.8 Å². The van der Waals surface area contributed by atoms with Crippen LogP contribution in [0.1, 0.15) is 25.3 Å². The highest BCUT2D eigenvalue weighted by Crippen LogP contribution is 2.32. The van der Waals surface area contributed by atoms with Gasteiger partial charge in [0.1, 0.15) is 0 Å². The molecule has 2 heterocycles. The number of nitrogens with zero attached hydrogens (tertiary/aromatic N) is 4. The zero-order chi connectivity index (χ0) is 25.2. The fraction of sp³-hybridized carbons (Fsp3) is 0.417. The first kappa shape index (κ1) is 25.3. The zero-order valence-electron chi connectivity index (χ0n) is 20.2. The number of piperazine rings is 1. The second-order valence-electron chi connectivity index (χ2n) is 8.89. The van der Waals surface area contributed by atoms with E-state index in [0.717, 1.165) is 34.8 Å². The maximum atomic E-state index is 12.6. The molecule has 1 saturated heterocycles. The fourth-order valence-corrected chi connectivity index (χ4v) is 6.48. The quantitative estimate of drug-likeness (QED) is 0.488. The number of aryl methyl sites for hydroxylation is 1. The zero-order valence-corrected chi connectivity index (χ0v) is 21.9. The third kappa shape index (κ3) is 5.91. The first-order valence-electron chi connectivity index (χ1n) is 11.6. The fourth-order valence-electron chi connectivity index (χ4n) is 4.27. The second kappa shape index (κ2) is 10.1. The number of hydrogen-bond acceptors (Lipinski definition) is 7. The summed E-state index contributed by atoms with van der Waals surface area (Å²) in [7, 11) is -6.68. The molecule has 3 aromatic rings. The summed E-state index contributed by atoms with van der Waals surface area (Å²) < 4.78 is 52.9. The van der Waals surface area contributed by atoms with Gasteiger partial charge in [-0.2, -0.15) is 4.31 Å². The number of rotatable bonds is 8. The molecule has 0 amide bonds. The highest BCUT2D eigenvalue weighted by Gasteiger charge is 2.27. The number of fused-ring (bicyclic) bond motifs is 1.